The highest BCUT2D eigenvalue weighted by molar-refractivity contribution is 5.44. The highest BCUT2D eigenvalue weighted by Crippen LogP contribution is 2.17. The van der Waals surface area contributed by atoms with E-state index in [1.165, 1.54) is 7.11 Å². The van der Waals surface area contributed by atoms with Crippen molar-refractivity contribution in [3.05, 3.63) is 12.4 Å². The second-order valence-electron chi connectivity index (χ2n) is 3.58. The Morgan fingerprint density at radius 1 is 1.43 bits per heavy atom. The minimum Gasteiger partial charge on any atom is -0.478 e. The molecule has 1 aromatic rings. The van der Waals surface area contributed by atoms with Gasteiger partial charge in [-0.15, -0.1) is 0 Å². The third-order valence-corrected chi connectivity index (χ3v) is 1.55. The maximum atomic E-state index is 9.49. The van der Waals surface area contributed by atoms with Gasteiger partial charge in [-0.1, -0.05) is 0 Å². The van der Waals surface area contributed by atoms with Crippen LogP contribution in [0, 0.1) is 0 Å². The molecule has 0 unspecified atom stereocenters. The molecule has 1 rings (SSSR count). The lowest BCUT2D eigenvalue weighted by atomic mass is 10.1. The number of hydrogen-bond acceptors (Lipinski definition) is 5. The predicted molar refractivity (Wildman–Crippen MR) is 53.4 cm³/mol. The number of anilines is 1. The molecule has 0 saturated heterocycles. The zero-order valence-electron chi connectivity index (χ0n) is 8.61. The molecule has 0 aliphatic rings. The summed E-state index contributed by atoms with van der Waals surface area (Å²) in [5, 5.41) is 12.4. The van der Waals surface area contributed by atoms with Gasteiger partial charge in [0.25, 0.3) is 5.88 Å². The fourth-order valence-electron chi connectivity index (χ4n) is 0.896. The molecule has 5 heteroatoms. The van der Waals surface area contributed by atoms with Crippen LogP contribution >= 0.6 is 0 Å². The highest BCUT2D eigenvalue weighted by Gasteiger charge is 2.13. The van der Waals surface area contributed by atoms with Crippen LogP contribution in [0.5, 0.6) is 5.88 Å². The Bertz CT molecular complexity index is 296. The van der Waals surface area contributed by atoms with Gasteiger partial charge >= 0.3 is 0 Å². The molecule has 78 valence electrons. The van der Waals surface area contributed by atoms with Gasteiger partial charge in [-0.3, -0.25) is 0 Å². The molecule has 0 bridgehead atoms. The summed E-state index contributed by atoms with van der Waals surface area (Å²) < 4.78 is 4.99. The lowest BCUT2D eigenvalue weighted by Gasteiger charge is -2.18. The van der Waals surface area contributed by atoms with Crippen LogP contribution in [0.2, 0.25) is 0 Å². The molecule has 0 saturated carbocycles. The summed E-state index contributed by atoms with van der Waals surface area (Å²) >= 11 is 0. The van der Waals surface area contributed by atoms with E-state index in [1.807, 2.05) is 0 Å². The normalized spacial score (nSPS) is 11.1. The summed E-state index contributed by atoms with van der Waals surface area (Å²) in [6, 6.07) is 0. The molecule has 0 spiro atoms. The Labute approximate surface area is 83.2 Å². The van der Waals surface area contributed by atoms with Gasteiger partial charge in [0.1, 0.15) is 0 Å². The molecule has 0 fully saturated rings. The summed E-state index contributed by atoms with van der Waals surface area (Å²) in [6.07, 6.45) is 3.11. The van der Waals surface area contributed by atoms with E-state index in [-0.39, 0.29) is 0 Å². The zero-order valence-corrected chi connectivity index (χ0v) is 8.61. The lowest BCUT2D eigenvalue weighted by Crippen LogP contribution is -2.29. The van der Waals surface area contributed by atoms with Gasteiger partial charge in [0.15, 0.2) is 5.82 Å². The molecular weight excluding hydrogens is 182 g/mol. The SMILES string of the molecule is COc1nccnc1NCC(C)(C)O. The molecule has 2 N–H and O–H groups in total. The first-order valence-corrected chi connectivity index (χ1v) is 4.34. The van der Waals surface area contributed by atoms with E-state index in [0.717, 1.165) is 0 Å². The largest absolute Gasteiger partial charge is 0.478 e. The highest BCUT2D eigenvalue weighted by atomic mass is 16.5. The van der Waals surface area contributed by atoms with Gasteiger partial charge in [-0.05, 0) is 13.8 Å². The molecule has 1 heterocycles. The van der Waals surface area contributed by atoms with Crippen molar-refractivity contribution in [3.63, 3.8) is 0 Å². The first-order valence-electron chi connectivity index (χ1n) is 4.34. The predicted octanol–water partition coefficient (Wildman–Crippen LogP) is 0.668. The van der Waals surface area contributed by atoms with E-state index >= 15 is 0 Å². The van der Waals surface area contributed by atoms with Gasteiger partial charge < -0.3 is 15.2 Å². The van der Waals surface area contributed by atoms with E-state index < -0.39 is 5.60 Å². The minimum absolute atomic E-state index is 0.391. The quantitative estimate of drug-likeness (QED) is 0.742. The first-order chi connectivity index (χ1) is 6.53. The van der Waals surface area contributed by atoms with E-state index in [2.05, 4.69) is 15.3 Å². The number of ether oxygens (including phenoxy) is 1. The van der Waals surface area contributed by atoms with Crippen LogP contribution in [0.1, 0.15) is 13.8 Å². The van der Waals surface area contributed by atoms with E-state index in [1.54, 1.807) is 26.2 Å². The van der Waals surface area contributed by atoms with E-state index in [0.29, 0.717) is 18.2 Å². The van der Waals surface area contributed by atoms with Crippen LogP contribution < -0.4 is 10.1 Å². The standard InChI is InChI=1S/C9H15N3O2/c1-9(2,13)6-12-7-8(14-3)11-5-4-10-7/h4-5,13H,6H2,1-3H3,(H,10,12). The molecule has 5 nitrogen and oxygen atoms in total. The summed E-state index contributed by atoms with van der Waals surface area (Å²) in [6.45, 7) is 3.81. The minimum atomic E-state index is -0.789. The Balaban J connectivity index is 2.67. The Morgan fingerprint density at radius 2 is 2.07 bits per heavy atom. The van der Waals surface area contributed by atoms with Gasteiger partial charge in [-0.25, -0.2) is 9.97 Å². The van der Waals surface area contributed by atoms with Crippen LogP contribution in [0.25, 0.3) is 0 Å². The van der Waals surface area contributed by atoms with Crippen LogP contribution in [-0.4, -0.2) is 34.3 Å². The van der Waals surface area contributed by atoms with Crippen molar-refractivity contribution in [2.45, 2.75) is 19.4 Å². The Morgan fingerprint density at radius 3 is 2.64 bits per heavy atom. The summed E-state index contributed by atoms with van der Waals surface area (Å²) in [4.78, 5) is 8.01. The second-order valence-corrected chi connectivity index (χ2v) is 3.58. The fourth-order valence-corrected chi connectivity index (χ4v) is 0.896. The van der Waals surface area contributed by atoms with Crippen molar-refractivity contribution in [2.75, 3.05) is 19.0 Å². The molecule has 14 heavy (non-hydrogen) atoms. The molecule has 0 aliphatic heterocycles. The van der Waals surface area contributed by atoms with Gasteiger partial charge in [0.2, 0.25) is 0 Å². The third kappa shape index (κ3) is 3.18. The van der Waals surface area contributed by atoms with Gasteiger partial charge in [0.05, 0.1) is 12.7 Å². The molecule has 0 aromatic carbocycles. The number of rotatable bonds is 4. The van der Waals surface area contributed by atoms with Crippen LogP contribution in [0.4, 0.5) is 5.82 Å². The molecule has 1 aromatic heterocycles. The number of nitrogens with zero attached hydrogens (tertiary/aromatic N) is 2. The molecule has 0 aliphatic carbocycles. The van der Waals surface area contributed by atoms with Gasteiger partial charge in [-0.2, -0.15) is 0 Å². The number of nitrogens with one attached hydrogen (secondary N) is 1. The average molecular weight is 197 g/mol. The fraction of sp³-hybridized carbons (Fsp3) is 0.556. The lowest BCUT2D eigenvalue weighted by molar-refractivity contribution is 0.0943. The first kappa shape index (κ1) is 10.7. The molecular formula is C9H15N3O2. The smallest absolute Gasteiger partial charge is 0.257 e. The zero-order chi connectivity index (χ0) is 10.6. The van der Waals surface area contributed by atoms with Crippen molar-refractivity contribution in [1.29, 1.82) is 0 Å². The van der Waals surface area contributed by atoms with Crippen molar-refractivity contribution in [1.82, 2.24) is 9.97 Å². The molecule has 0 atom stereocenters. The van der Waals surface area contributed by atoms with Gasteiger partial charge in [0, 0.05) is 18.9 Å². The average Bonchev–Trinajstić information content (AvgIpc) is 2.14. The maximum absolute atomic E-state index is 9.49. The van der Waals surface area contributed by atoms with Crippen molar-refractivity contribution in [2.24, 2.45) is 0 Å². The number of aromatic nitrogens is 2. The number of aliphatic hydroxyl groups is 1. The number of methoxy groups -OCH3 is 1. The van der Waals surface area contributed by atoms with Crippen LogP contribution in [0.3, 0.4) is 0 Å². The van der Waals surface area contributed by atoms with Crippen LogP contribution in [0.15, 0.2) is 12.4 Å². The summed E-state index contributed by atoms with van der Waals surface area (Å²) in [5.41, 5.74) is -0.789. The van der Waals surface area contributed by atoms with Crippen molar-refractivity contribution >= 4 is 5.82 Å². The van der Waals surface area contributed by atoms with Crippen molar-refractivity contribution in [3.8, 4) is 5.88 Å². The Hall–Kier alpha value is -1.36. The number of hydrogen-bond donors (Lipinski definition) is 2. The third-order valence-electron chi connectivity index (χ3n) is 1.55. The maximum Gasteiger partial charge on any atom is 0.257 e. The summed E-state index contributed by atoms with van der Waals surface area (Å²) in [5.74, 6) is 0.967. The monoisotopic (exact) mass is 197 g/mol. The van der Waals surface area contributed by atoms with Crippen molar-refractivity contribution < 1.29 is 9.84 Å². The Kier molecular flexibility index (Phi) is 3.24. The molecule has 0 radical (unpaired) electrons. The second kappa shape index (κ2) is 4.23. The summed E-state index contributed by atoms with van der Waals surface area (Å²) in [7, 11) is 1.53. The van der Waals surface area contributed by atoms with E-state index in [4.69, 9.17) is 4.74 Å². The molecule has 0 amide bonds. The van der Waals surface area contributed by atoms with Crippen LogP contribution in [-0.2, 0) is 0 Å². The van der Waals surface area contributed by atoms with E-state index in [9.17, 15) is 5.11 Å². The topological polar surface area (TPSA) is 67.3 Å².